The Hall–Kier alpha value is -1.78. The lowest BCUT2D eigenvalue weighted by Crippen LogP contribution is -2.66. The number of benzene rings is 2. The molecule has 1 heterocycles. The van der Waals surface area contributed by atoms with Crippen LogP contribution in [0.4, 0.5) is 20.2 Å². The van der Waals surface area contributed by atoms with Gasteiger partial charge in [-0.3, -0.25) is 4.72 Å². The summed E-state index contributed by atoms with van der Waals surface area (Å²) in [7, 11) is -3.40. The molecule has 1 fully saturated rings. The van der Waals surface area contributed by atoms with Gasteiger partial charge in [-0.15, -0.1) is 24.8 Å². The molecule has 1 aliphatic heterocycles. The van der Waals surface area contributed by atoms with Crippen LogP contribution in [0.25, 0.3) is 0 Å². The lowest BCUT2D eigenvalue weighted by atomic mass is 10.00. The zero-order chi connectivity index (χ0) is 21.9. The van der Waals surface area contributed by atoms with Crippen molar-refractivity contribution in [1.82, 2.24) is 9.80 Å². The van der Waals surface area contributed by atoms with E-state index in [1.165, 1.54) is 6.07 Å². The molecule has 3 rings (SSSR count). The summed E-state index contributed by atoms with van der Waals surface area (Å²) in [6.45, 7) is 3.25. The maximum absolute atomic E-state index is 14.1. The largest absolute Gasteiger partial charge is 0.318 e. The molecule has 2 atom stereocenters. The van der Waals surface area contributed by atoms with Gasteiger partial charge in [-0.1, -0.05) is 6.92 Å². The number of anilines is 1. The molecule has 0 aromatic heterocycles. The van der Waals surface area contributed by atoms with Crippen molar-refractivity contribution in [3.63, 3.8) is 0 Å². The van der Waals surface area contributed by atoms with Gasteiger partial charge in [-0.05, 0) is 42.3 Å². The van der Waals surface area contributed by atoms with E-state index in [4.69, 9.17) is 0 Å². The number of halogens is 4. The number of nitrogens with one attached hydrogen (secondary N) is 2. The summed E-state index contributed by atoms with van der Waals surface area (Å²) in [5.41, 5.74) is 1.42. The van der Waals surface area contributed by atoms with Gasteiger partial charge in [0.05, 0.1) is 18.7 Å². The lowest BCUT2D eigenvalue weighted by Gasteiger charge is -2.42. The Morgan fingerprint density at radius 1 is 1.16 bits per heavy atom. The molecular formula is C21H28Cl2F2N3O3S+. The summed E-state index contributed by atoms with van der Waals surface area (Å²) < 4.78 is 53.0. The molecule has 2 unspecified atom stereocenters. The highest BCUT2D eigenvalue weighted by atomic mass is 35.5. The molecule has 2 aromatic rings. The van der Waals surface area contributed by atoms with Gasteiger partial charge in [0, 0.05) is 24.4 Å². The molecule has 32 heavy (non-hydrogen) atoms. The van der Waals surface area contributed by atoms with E-state index in [0.29, 0.717) is 31.7 Å². The Morgan fingerprint density at radius 3 is 2.41 bits per heavy atom. The van der Waals surface area contributed by atoms with Crippen molar-refractivity contribution in [3.8, 4) is 0 Å². The fraction of sp³-hybridized carbons (Fsp3) is 0.381. The minimum Gasteiger partial charge on any atom is -0.303 e. The normalized spacial score (nSPS) is 20.6. The summed E-state index contributed by atoms with van der Waals surface area (Å²) in [6, 6.07) is 9.90. The quantitative estimate of drug-likeness (QED) is 0.581. The maximum Gasteiger partial charge on any atom is 0.318 e. The first-order valence-electron chi connectivity index (χ1n) is 9.79. The van der Waals surface area contributed by atoms with Crippen LogP contribution >= 0.6 is 24.8 Å². The summed E-state index contributed by atoms with van der Waals surface area (Å²) in [4.78, 5) is 13.0. The maximum atomic E-state index is 14.1. The first kappa shape index (κ1) is 28.3. The third-order valence-electron chi connectivity index (χ3n) is 5.38. The number of carbonyl (C=O) groups excluding carboxylic acids is 1. The van der Waals surface area contributed by atoms with Crippen LogP contribution in [0.15, 0.2) is 42.5 Å². The van der Waals surface area contributed by atoms with Crippen molar-refractivity contribution < 1.29 is 22.0 Å². The van der Waals surface area contributed by atoms with Crippen molar-refractivity contribution >= 4 is 52.1 Å². The predicted octanol–water partition coefficient (Wildman–Crippen LogP) is 3.64. The van der Waals surface area contributed by atoms with E-state index in [9.17, 15) is 22.0 Å². The van der Waals surface area contributed by atoms with Crippen LogP contribution in [0.2, 0.25) is 0 Å². The van der Waals surface area contributed by atoms with Crippen LogP contribution in [0.3, 0.4) is 0 Å². The topological polar surface area (TPSA) is 75.3 Å². The molecule has 1 amide bonds. The van der Waals surface area contributed by atoms with E-state index in [2.05, 4.69) is 10.0 Å². The fourth-order valence-electron chi connectivity index (χ4n) is 4.03. The number of quaternary nitrogens is 1. The molecule has 0 bridgehead atoms. The van der Waals surface area contributed by atoms with Crippen LogP contribution in [0, 0.1) is 11.6 Å². The Balaban J connectivity index is 0.00000256. The average molecular weight is 511 g/mol. The minimum atomic E-state index is -3.40. The second-order valence-corrected chi connectivity index (χ2v) is 9.38. The zero-order valence-electron chi connectivity index (χ0n) is 17.8. The third kappa shape index (κ3) is 6.62. The Kier molecular flexibility index (Phi) is 10.0. The van der Waals surface area contributed by atoms with Crippen molar-refractivity contribution in [2.45, 2.75) is 25.8 Å². The lowest BCUT2D eigenvalue weighted by molar-refractivity contribution is -0.131. The fourth-order valence-corrected chi connectivity index (χ4v) is 4.59. The van der Waals surface area contributed by atoms with E-state index in [1.807, 2.05) is 0 Å². The second-order valence-electron chi connectivity index (χ2n) is 7.63. The molecule has 2 N–H and O–H groups in total. The Morgan fingerprint density at radius 2 is 1.81 bits per heavy atom. The molecule has 1 saturated heterocycles. The third-order valence-corrected chi connectivity index (χ3v) is 5.98. The number of rotatable bonds is 6. The summed E-state index contributed by atoms with van der Waals surface area (Å²) in [6.07, 6.45) is 1.65. The van der Waals surface area contributed by atoms with Gasteiger partial charge in [0.1, 0.15) is 30.4 Å². The summed E-state index contributed by atoms with van der Waals surface area (Å²) in [5.74, 6) is -0.952. The standard InChI is InChI=1S/C21H26F2N3O3S.2ClH/c1-3-21(27)26(19-7-5-17(6-8-19)25-30(2,28)29)11-10-24-18(14-26)13-15-12-16(22)4-9-20(15)23;;/h4-9,12,18,24-25H,3,10-11,13-14H2,1-2H3;2*1H/q+1;;. The van der Waals surface area contributed by atoms with Crippen LogP contribution in [-0.4, -0.2) is 46.3 Å². The summed E-state index contributed by atoms with van der Waals surface area (Å²) >= 11 is 0. The smallest absolute Gasteiger partial charge is 0.303 e. The highest BCUT2D eigenvalue weighted by molar-refractivity contribution is 7.92. The number of piperazine rings is 1. The van der Waals surface area contributed by atoms with E-state index < -0.39 is 21.7 Å². The van der Waals surface area contributed by atoms with Crippen molar-refractivity contribution in [1.29, 1.82) is 0 Å². The number of sulfonamides is 1. The molecule has 0 spiro atoms. The highest BCUT2D eigenvalue weighted by Crippen LogP contribution is 2.29. The molecule has 1 aliphatic rings. The molecular weight excluding hydrogens is 483 g/mol. The molecule has 6 nitrogen and oxygen atoms in total. The van der Waals surface area contributed by atoms with Gasteiger partial charge < -0.3 is 5.32 Å². The predicted molar refractivity (Wildman–Crippen MR) is 128 cm³/mol. The zero-order valence-corrected chi connectivity index (χ0v) is 20.3. The highest BCUT2D eigenvalue weighted by Gasteiger charge is 2.42. The van der Waals surface area contributed by atoms with Gasteiger partial charge in [-0.25, -0.2) is 26.5 Å². The van der Waals surface area contributed by atoms with E-state index in [-0.39, 0.29) is 53.2 Å². The molecule has 2 aromatic carbocycles. The van der Waals surface area contributed by atoms with Crippen molar-refractivity contribution in [2.75, 3.05) is 30.6 Å². The molecule has 178 valence electrons. The van der Waals surface area contributed by atoms with Crippen LogP contribution < -0.4 is 14.5 Å². The number of carbonyl (C=O) groups is 1. The number of hydrogen-bond acceptors (Lipinski definition) is 4. The van der Waals surface area contributed by atoms with Crippen molar-refractivity contribution in [3.05, 3.63) is 59.7 Å². The number of hydrogen-bond donors (Lipinski definition) is 2. The molecule has 11 heteroatoms. The molecule has 0 saturated carbocycles. The minimum absolute atomic E-state index is 0. The summed E-state index contributed by atoms with van der Waals surface area (Å²) in [5, 5.41) is 3.31. The number of amides is 1. The van der Waals surface area contributed by atoms with Gasteiger partial charge in [0.2, 0.25) is 10.0 Å². The first-order valence-corrected chi connectivity index (χ1v) is 11.7. The Bertz CT molecular complexity index is 1040. The van der Waals surface area contributed by atoms with Gasteiger partial charge in [0.25, 0.3) is 0 Å². The van der Waals surface area contributed by atoms with E-state index in [0.717, 1.165) is 24.1 Å². The Labute approximate surface area is 199 Å². The van der Waals surface area contributed by atoms with Crippen LogP contribution in [0.5, 0.6) is 0 Å². The average Bonchev–Trinajstić information content (AvgIpc) is 2.69. The molecule has 0 radical (unpaired) electrons. The van der Waals surface area contributed by atoms with Crippen LogP contribution in [0.1, 0.15) is 18.9 Å². The van der Waals surface area contributed by atoms with Gasteiger partial charge >= 0.3 is 5.91 Å². The van der Waals surface area contributed by atoms with Gasteiger partial charge in [0.15, 0.2) is 0 Å². The van der Waals surface area contributed by atoms with Crippen molar-refractivity contribution in [2.24, 2.45) is 0 Å². The second kappa shape index (κ2) is 11.4. The monoisotopic (exact) mass is 510 g/mol. The van der Waals surface area contributed by atoms with E-state index in [1.54, 1.807) is 31.2 Å². The van der Waals surface area contributed by atoms with E-state index >= 15 is 0 Å². The molecule has 0 aliphatic carbocycles. The number of nitrogens with zero attached hydrogens (tertiary/aromatic N) is 1. The van der Waals surface area contributed by atoms with Gasteiger partial charge in [-0.2, -0.15) is 0 Å². The van der Waals surface area contributed by atoms with Crippen LogP contribution in [-0.2, 0) is 21.2 Å². The first-order chi connectivity index (χ1) is 14.1. The SMILES string of the molecule is CCC(=O)[N+]1(c2ccc(NS(C)(=O)=O)cc2)CCNC(Cc2cc(F)ccc2F)C1.Cl.Cl.